The minimum atomic E-state index is -0.519. The highest BCUT2D eigenvalue weighted by molar-refractivity contribution is 5.74. The third-order valence-electron chi connectivity index (χ3n) is 2.90. The molecule has 0 aromatic rings. The first-order valence-electron chi connectivity index (χ1n) is 7.65. The van der Waals surface area contributed by atoms with E-state index in [1.807, 2.05) is 0 Å². The Balaban J connectivity index is 1.98. The van der Waals surface area contributed by atoms with E-state index in [2.05, 4.69) is 20.9 Å². The van der Waals surface area contributed by atoms with Gasteiger partial charge in [-0.1, -0.05) is 0 Å². The van der Waals surface area contributed by atoms with Gasteiger partial charge in [0.15, 0.2) is 0 Å². The SMILES string of the molecule is CC(C)(C)OC(=O)NCCNC(=O)NCCN1CCOCC1. The van der Waals surface area contributed by atoms with Crippen molar-refractivity contribution in [2.75, 3.05) is 52.5 Å². The predicted octanol–water partition coefficient (Wildman–Crippen LogP) is 0.143. The summed E-state index contributed by atoms with van der Waals surface area (Å²) in [4.78, 5) is 25.2. The van der Waals surface area contributed by atoms with Gasteiger partial charge in [-0.05, 0) is 20.8 Å². The fourth-order valence-electron chi connectivity index (χ4n) is 1.87. The van der Waals surface area contributed by atoms with Crippen molar-refractivity contribution in [2.24, 2.45) is 0 Å². The topological polar surface area (TPSA) is 91.9 Å². The fourth-order valence-corrected chi connectivity index (χ4v) is 1.87. The largest absolute Gasteiger partial charge is 0.444 e. The van der Waals surface area contributed by atoms with E-state index in [0.717, 1.165) is 32.8 Å². The van der Waals surface area contributed by atoms with E-state index >= 15 is 0 Å². The first-order chi connectivity index (χ1) is 10.4. The van der Waals surface area contributed by atoms with Gasteiger partial charge in [0.25, 0.3) is 0 Å². The molecule has 1 heterocycles. The average Bonchev–Trinajstić information content (AvgIpc) is 2.43. The van der Waals surface area contributed by atoms with E-state index in [1.54, 1.807) is 20.8 Å². The van der Waals surface area contributed by atoms with Gasteiger partial charge in [0, 0.05) is 39.3 Å². The number of ether oxygens (including phenoxy) is 2. The van der Waals surface area contributed by atoms with Crippen LogP contribution >= 0.6 is 0 Å². The van der Waals surface area contributed by atoms with Crippen LogP contribution in [0.3, 0.4) is 0 Å². The first kappa shape index (κ1) is 18.5. The zero-order valence-corrected chi connectivity index (χ0v) is 13.7. The summed E-state index contributed by atoms with van der Waals surface area (Å²) in [5.41, 5.74) is -0.519. The third kappa shape index (κ3) is 9.41. The molecule has 1 aliphatic heterocycles. The Morgan fingerprint density at radius 1 is 1.05 bits per heavy atom. The molecular formula is C14H28N4O4. The van der Waals surface area contributed by atoms with Crippen molar-refractivity contribution in [3.05, 3.63) is 0 Å². The van der Waals surface area contributed by atoms with Crippen LogP contribution in [0.5, 0.6) is 0 Å². The van der Waals surface area contributed by atoms with E-state index in [9.17, 15) is 9.59 Å². The van der Waals surface area contributed by atoms with Crippen molar-refractivity contribution >= 4 is 12.1 Å². The molecule has 22 heavy (non-hydrogen) atoms. The standard InChI is InChI=1S/C14H28N4O4/c1-14(2,3)22-13(20)17-5-4-15-12(19)16-6-7-18-8-10-21-11-9-18/h4-11H2,1-3H3,(H,17,20)(H2,15,16,19). The molecule has 0 spiro atoms. The molecule has 0 aromatic carbocycles. The average molecular weight is 316 g/mol. The second kappa shape index (κ2) is 9.47. The number of carbonyl (C=O) groups is 2. The summed E-state index contributed by atoms with van der Waals surface area (Å²) in [7, 11) is 0. The van der Waals surface area contributed by atoms with Gasteiger partial charge in [-0.3, -0.25) is 4.90 Å². The van der Waals surface area contributed by atoms with Crippen molar-refractivity contribution in [1.29, 1.82) is 0 Å². The van der Waals surface area contributed by atoms with Crippen molar-refractivity contribution in [3.63, 3.8) is 0 Å². The lowest BCUT2D eigenvalue weighted by atomic mass is 10.2. The fraction of sp³-hybridized carbons (Fsp3) is 0.857. The molecule has 0 atom stereocenters. The van der Waals surface area contributed by atoms with Gasteiger partial charge in [0.2, 0.25) is 0 Å². The van der Waals surface area contributed by atoms with Crippen LogP contribution in [-0.2, 0) is 9.47 Å². The monoisotopic (exact) mass is 316 g/mol. The van der Waals surface area contributed by atoms with Crippen LogP contribution in [0.25, 0.3) is 0 Å². The lowest BCUT2D eigenvalue weighted by Crippen LogP contribution is -2.45. The maximum absolute atomic E-state index is 11.5. The minimum absolute atomic E-state index is 0.237. The van der Waals surface area contributed by atoms with Crippen LogP contribution in [0.4, 0.5) is 9.59 Å². The number of morpholine rings is 1. The minimum Gasteiger partial charge on any atom is -0.444 e. The maximum atomic E-state index is 11.5. The molecule has 0 saturated carbocycles. The number of alkyl carbamates (subject to hydrolysis) is 1. The zero-order valence-electron chi connectivity index (χ0n) is 13.7. The molecule has 0 aliphatic carbocycles. The molecule has 1 rings (SSSR count). The first-order valence-corrected chi connectivity index (χ1v) is 7.65. The molecule has 1 saturated heterocycles. The highest BCUT2D eigenvalue weighted by atomic mass is 16.6. The molecule has 1 aliphatic rings. The molecule has 128 valence electrons. The second-order valence-electron chi connectivity index (χ2n) is 6.07. The number of urea groups is 1. The van der Waals surface area contributed by atoms with E-state index < -0.39 is 11.7 Å². The molecule has 0 aromatic heterocycles. The highest BCUT2D eigenvalue weighted by Crippen LogP contribution is 2.05. The Kier molecular flexibility index (Phi) is 7.97. The molecule has 0 bridgehead atoms. The highest BCUT2D eigenvalue weighted by Gasteiger charge is 2.15. The molecule has 8 nitrogen and oxygen atoms in total. The number of amides is 3. The van der Waals surface area contributed by atoms with E-state index in [-0.39, 0.29) is 6.03 Å². The van der Waals surface area contributed by atoms with Gasteiger partial charge in [0.1, 0.15) is 5.60 Å². The number of hydrogen-bond acceptors (Lipinski definition) is 5. The Morgan fingerprint density at radius 3 is 2.27 bits per heavy atom. The van der Waals surface area contributed by atoms with Crippen LogP contribution in [0.15, 0.2) is 0 Å². The van der Waals surface area contributed by atoms with Crippen molar-refractivity contribution in [1.82, 2.24) is 20.9 Å². The molecule has 3 N–H and O–H groups in total. The quantitative estimate of drug-likeness (QED) is 0.606. The van der Waals surface area contributed by atoms with Crippen LogP contribution < -0.4 is 16.0 Å². The van der Waals surface area contributed by atoms with Gasteiger partial charge in [-0.2, -0.15) is 0 Å². The van der Waals surface area contributed by atoms with Gasteiger partial charge in [-0.15, -0.1) is 0 Å². The normalized spacial score (nSPS) is 16.0. The van der Waals surface area contributed by atoms with Crippen molar-refractivity contribution < 1.29 is 19.1 Å². The summed E-state index contributed by atoms with van der Waals surface area (Å²) in [6.45, 7) is 10.8. The third-order valence-corrected chi connectivity index (χ3v) is 2.90. The van der Waals surface area contributed by atoms with E-state index in [1.165, 1.54) is 0 Å². The number of nitrogens with one attached hydrogen (secondary N) is 3. The van der Waals surface area contributed by atoms with Crippen LogP contribution in [0.1, 0.15) is 20.8 Å². The zero-order chi connectivity index (χ0) is 16.4. The van der Waals surface area contributed by atoms with Crippen molar-refractivity contribution in [2.45, 2.75) is 26.4 Å². The number of rotatable bonds is 6. The van der Waals surface area contributed by atoms with Gasteiger partial charge in [0.05, 0.1) is 13.2 Å². The predicted molar refractivity (Wildman–Crippen MR) is 82.9 cm³/mol. The lowest BCUT2D eigenvalue weighted by Gasteiger charge is -2.26. The summed E-state index contributed by atoms with van der Waals surface area (Å²) >= 11 is 0. The van der Waals surface area contributed by atoms with Gasteiger partial charge in [-0.25, -0.2) is 9.59 Å². The summed E-state index contributed by atoms with van der Waals surface area (Å²) in [6.07, 6.45) is -0.484. The van der Waals surface area contributed by atoms with Crippen LogP contribution in [0.2, 0.25) is 0 Å². The number of nitrogens with zero attached hydrogens (tertiary/aromatic N) is 1. The van der Waals surface area contributed by atoms with Crippen molar-refractivity contribution in [3.8, 4) is 0 Å². The Hall–Kier alpha value is -1.54. The van der Waals surface area contributed by atoms with E-state index in [4.69, 9.17) is 9.47 Å². The van der Waals surface area contributed by atoms with E-state index in [0.29, 0.717) is 19.6 Å². The smallest absolute Gasteiger partial charge is 0.407 e. The van der Waals surface area contributed by atoms with Crippen LogP contribution in [-0.4, -0.2) is 75.1 Å². The number of carbonyl (C=O) groups excluding carboxylic acids is 2. The summed E-state index contributed by atoms with van der Waals surface area (Å²) in [6, 6.07) is -0.237. The maximum Gasteiger partial charge on any atom is 0.407 e. The Morgan fingerprint density at radius 2 is 1.64 bits per heavy atom. The second-order valence-corrected chi connectivity index (χ2v) is 6.07. The molecule has 0 radical (unpaired) electrons. The molecule has 8 heteroatoms. The Bertz CT molecular complexity index is 351. The lowest BCUT2D eigenvalue weighted by molar-refractivity contribution is 0.0387. The van der Waals surface area contributed by atoms with Crippen LogP contribution in [0, 0.1) is 0 Å². The summed E-state index contributed by atoms with van der Waals surface area (Å²) in [5.74, 6) is 0. The molecule has 3 amide bonds. The summed E-state index contributed by atoms with van der Waals surface area (Å²) < 4.78 is 10.3. The van der Waals surface area contributed by atoms with Gasteiger partial charge < -0.3 is 25.4 Å². The van der Waals surface area contributed by atoms with Gasteiger partial charge >= 0.3 is 12.1 Å². The molecule has 1 fully saturated rings. The molecule has 0 unspecified atom stereocenters. The number of hydrogen-bond donors (Lipinski definition) is 3. The molecular weight excluding hydrogens is 288 g/mol. The summed E-state index contributed by atoms with van der Waals surface area (Å²) in [5, 5.41) is 8.03. The Labute approximate surface area is 131 Å².